The SMILES string of the molecule is O=C(NNc1ncnc(NNC(=O)c2ccc(Cl)c([N+](=O)[O-])c2)c1[N+](=O)[O-])c1cccnc1. The molecular weight excluding hydrogens is 462 g/mol. The number of halogens is 1. The van der Waals surface area contributed by atoms with Crippen molar-refractivity contribution in [3.8, 4) is 0 Å². The molecule has 0 aliphatic carbocycles. The number of nitro benzene ring substituents is 1. The van der Waals surface area contributed by atoms with Gasteiger partial charge in [0.2, 0.25) is 11.6 Å². The minimum absolute atomic E-state index is 0.141. The Morgan fingerprint density at radius 1 is 0.909 bits per heavy atom. The lowest BCUT2D eigenvalue weighted by Crippen LogP contribution is -2.32. The van der Waals surface area contributed by atoms with Crippen LogP contribution in [0.5, 0.6) is 0 Å². The van der Waals surface area contributed by atoms with Crippen molar-refractivity contribution in [1.29, 1.82) is 0 Å². The molecule has 1 aromatic carbocycles. The van der Waals surface area contributed by atoms with Gasteiger partial charge in [0.05, 0.1) is 15.4 Å². The van der Waals surface area contributed by atoms with Gasteiger partial charge in [-0.2, -0.15) is 0 Å². The minimum atomic E-state index is -0.859. The van der Waals surface area contributed by atoms with E-state index in [1.165, 1.54) is 30.6 Å². The predicted octanol–water partition coefficient (Wildman–Crippen LogP) is 1.86. The molecule has 0 saturated heterocycles. The molecule has 4 N–H and O–H groups in total. The van der Waals surface area contributed by atoms with Gasteiger partial charge in [-0.1, -0.05) is 11.6 Å². The van der Waals surface area contributed by atoms with E-state index < -0.39 is 38.9 Å². The summed E-state index contributed by atoms with van der Waals surface area (Å²) >= 11 is 5.71. The molecule has 16 heteroatoms. The lowest BCUT2D eigenvalue weighted by molar-refractivity contribution is -0.384. The van der Waals surface area contributed by atoms with Crippen molar-refractivity contribution in [2.45, 2.75) is 0 Å². The van der Waals surface area contributed by atoms with E-state index in [9.17, 15) is 29.8 Å². The highest BCUT2D eigenvalue weighted by Crippen LogP contribution is 2.28. The average molecular weight is 474 g/mol. The topological polar surface area (TPSA) is 207 Å². The van der Waals surface area contributed by atoms with E-state index in [2.05, 4.69) is 36.7 Å². The zero-order valence-corrected chi connectivity index (χ0v) is 16.9. The molecule has 0 saturated carbocycles. The Kier molecular flexibility index (Phi) is 6.84. The van der Waals surface area contributed by atoms with Crippen molar-refractivity contribution in [1.82, 2.24) is 25.8 Å². The fourth-order valence-corrected chi connectivity index (χ4v) is 2.59. The molecule has 2 heterocycles. The Morgan fingerprint density at radius 3 is 2.09 bits per heavy atom. The molecule has 3 aromatic rings. The Bertz CT molecular complexity index is 1240. The number of hydrogen-bond donors (Lipinski definition) is 4. The Hall–Kier alpha value is -4.92. The van der Waals surface area contributed by atoms with Gasteiger partial charge in [0, 0.05) is 24.0 Å². The van der Waals surface area contributed by atoms with E-state index in [1.807, 2.05) is 0 Å². The second kappa shape index (κ2) is 9.92. The van der Waals surface area contributed by atoms with Crippen molar-refractivity contribution < 1.29 is 19.4 Å². The van der Waals surface area contributed by atoms with Gasteiger partial charge in [-0.15, -0.1) is 0 Å². The van der Waals surface area contributed by atoms with Gasteiger partial charge in [0.15, 0.2) is 0 Å². The third kappa shape index (κ3) is 5.42. The first-order chi connectivity index (χ1) is 15.8. The number of amides is 2. The number of anilines is 2. The normalized spacial score (nSPS) is 10.1. The number of pyridine rings is 1. The predicted molar refractivity (Wildman–Crippen MR) is 113 cm³/mol. The van der Waals surface area contributed by atoms with Crippen LogP contribution in [0.1, 0.15) is 20.7 Å². The summed E-state index contributed by atoms with van der Waals surface area (Å²) in [5.74, 6) is -2.30. The Labute approximate surface area is 188 Å². The smallest absolute Gasteiger partial charge is 0.276 e. The molecule has 0 fully saturated rings. The molecule has 0 bridgehead atoms. The summed E-state index contributed by atoms with van der Waals surface area (Å²) in [5.41, 5.74) is 7.80. The number of carbonyl (C=O) groups is 2. The second-order valence-corrected chi connectivity index (χ2v) is 6.41. The summed E-state index contributed by atoms with van der Waals surface area (Å²) in [6.07, 6.45) is 3.69. The van der Waals surface area contributed by atoms with E-state index in [4.69, 9.17) is 11.6 Å². The van der Waals surface area contributed by atoms with E-state index in [0.717, 1.165) is 18.5 Å². The number of benzene rings is 1. The van der Waals surface area contributed by atoms with Gasteiger partial charge in [-0.05, 0) is 24.3 Å². The molecule has 0 radical (unpaired) electrons. The largest absolute Gasteiger partial charge is 0.356 e. The fraction of sp³-hybridized carbons (Fsp3) is 0. The van der Waals surface area contributed by atoms with Crippen LogP contribution in [-0.4, -0.2) is 36.6 Å². The standard InChI is InChI=1S/C17H12ClN9O6/c18-11-4-3-9(6-12(11)26(30)31)16(28)24-22-14-13(27(32)33)15(21-8-20-14)23-25-17(29)10-2-1-5-19-7-10/h1-8H,(H,24,28)(H,25,29)(H2,20,21,22,23). The molecule has 0 aliphatic heterocycles. The third-order valence-electron chi connectivity index (χ3n) is 3.92. The molecular formula is C17H12ClN9O6. The van der Waals surface area contributed by atoms with Crippen LogP contribution in [-0.2, 0) is 0 Å². The number of nitro groups is 2. The van der Waals surface area contributed by atoms with Crippen LogP contribution in [0.4, 0.5) is 23.0 Å². The van der Waals surface area contributed by atoms with Gasteiger partial charge >= 0.3 is 5.69 Å². The summed E-state index contributed by atoms with van der Waals surface area (Å²) < 4.78 is 0. The van der Waals surface area contributed by atoms with E-state index in [0.29, 0.717) is 0 Å². The summed E-state index contributed by atoms with van der Waals surface area (Å²) in [6, 6.07) is 6.33. The van der Waals surface area contributed by atoms with Gasteiger partial charge in [-0.3, -0.25) is 56.5 Å². The first-order valence-corrected chi connectivity index (χ1v) is 9.11. The molecule has 2 amide bonds. The lowest BCUT2D eigenvalue weighted by atomic mass is 10.2. The zero-order valence-electron chi connectivity index (χ0n) is 16.2. The number of nitrogens with zero attached hydrogens (tertiary/aromatic N) is 5. The molecule has 0 spiro atoms. The molecule has 33 heavy (non-hydrogen) atoms. The molecule has 0 aliphatic rings. The molecule has 3 rings (SSSR count). The zero-order chi connectivity index (χ0) is 24.0. The maximum Gasteiger partial charge on any atom is 0.356 e. The van der Waals surface area contributed by atoms with Crippen LogP contribution in [0.15, 0.2) is 49.1 Å². The van der Waals surface area contributed by atoms with Crippen molar-refractivity contribution in [3.05, 3.63) is 85.4 Å². The summed E-state index contributed by atoms with van der Waals surface area (Å²) in [7, 11) is 0. The monoisotopic (exact) mass is 473 g/mol. The third-order valence-corrected chi connectivity index (χ3v) is 4.24. The molecule has 15 nitrogen and oxygen atoms in total. The molecule has 0 atom stereocenters. The summed E-state index contributed by atoms with van der Waals surface area (Å²) in [4.78, 5) is 56.5. The van der Waals surface area contributed by atoms with Gasteiger partial charge in [0.1, 0.15) is 11.3 Å². The number of hydrazine groups is 2. The maximum atomic E-state index is 12.3. The number of hydrogen-bond acceptors (Lipinski definition) is 11. The average Bonchev–Trinajstić information content (AvgIpc) is 2.81. The van der Waals surface area contributed by atoms with Crippen molar-refractivity contribution >= 4 is 46.4 Å². The van der Waals surface area contributed by atoms with Crippen LogP contribution >= 0.6 is 11.6 Å². The fourth-order valence-electron chi connectivity index (χ4n) is 2.40. The minimum Gasteiger partial charge on any atom is -0.276 e. The Morgan fingerprint density at radius 2 is 1.55 bits per heavy atom. The van der Waals surface area contributed by atoms with Gasteiger partial charge in [-0.25, -0.2) is 9.97 Å². The Balaban J connectivity index is 1.75. The highest BCUT2D eigenvalue weighted by atomic mass is 35.5. The number of aromatic nitrogens is 3. The van der Waals surface area contributed by atoms with Crippen LogP contribution in [0.25, 0.3) is 0 Å². The van der Waals surface area contributed by atoms with Gasteiger partial charge < -0.3 is 0 Å². The van der Waals surface area contributed by atoms with Gasteiger partial charge in [0.25, 0.3) is 17.5 Å². The maximum absolute atomic E-state index is 12.3. The van der Waals surface area contributed by atoms with E-state index in [-0.39, 0.29) is 22.0 Å². The van der Waals surface area contributed by atoms with Crippen LogP contribution in [0.2, 0.25) is 5.02 Å². The van der Waals surface area contributed by atoms with Crippen molar-refractivity contribution in [2.24, 2.45) is 0 Å². The molecule has 0 unspecified atom stereocenters. The molecule has 168 valence electrons. The van der Waals surface area contributed by atoms with E-state index in [1.54, 1.807) is 0 Å². The van der Waals surface area contributed by atoms with Crippen molar-refractivity contribution in [3.63, 3.8) is 0 Å². The summed E-state index contributed by atoms with van der Waals surface area (Å²) in [5, 5.41) is 22.4. The van der Waals surface area contributed by atoms with Crippen LogP contribution in [0, 0.1) is 20.2 Å². The first kappa shape index (κ1) is 22.8. The lowest BCUT2D eigenvalue weighted by Gasteiger charge is -2.11. The highest BCUT2D eigenvalue weighted by Gasteiger charge is 2.24. The second-order valence-electron chi connectivity index (χ2n) is 6.00. The van der Waals surface area contributed by atoms with Crippen LogP contribution < -0.4 is 21.7 Å². The quantitative estimate of drug-likeness (QED) is 0.274. The van der Waals surface area contributed by atoms with E-state index >= 15 is 0 Å². The van der Waals surface area contributed by atoms with Crippen molar-refractivity contribution in [2.75, 3.05) is 10.9 Å². The van der Waals surface area contributed by atoms with Crippen LogP contribution in [0.3, 0.4) is 0 Å². The first-order valence-electron chi connectivity index (χ1n) is 8.74. The highest BCUT2D eigenvalue weighted by molar-refractivity contribution is 6.32. The summed E-state index contributed by atoms with van der Waals surface area (Å²) in [6.45, 7) is 0. The number of rotatable bonds is 8. The molecule has 2 aromatic heterocycles. The number of carbonyl (C=O) groups excluding carboxylic acids is 2. The number of nitrogens with one attached hydrogen (secondary N) is 4.